The first-order chi connectivity index (χ1) is 9.15. The fourth-order valence-corrected chi connectivity index (χ4v) is 2.88. The highest BCUT2D eigenvalue weighted by molar-refractivity contribution is 7.11. The molecule has 3 nitrogen and oxygen atoms in total. The van der Waals surface area contributed by atoms with Gasteiger partial charge in [-0.05, 0) is 32.0 Å². The van der Waals surface area contributed by atoms with E-state index < -0.39 is 6.10 Å². The molecule has 19 heavy (non-hydrogen) atoms. The Hall–Kier alpha value is -0.860. The van der Waals surface area contributed by atoms with Gasteiger partial charge in [0.15, 0.2) is 0 Å². The summed E-state index contributed by atoms with van der Waals surface area (Å²) in [7, 11) is 0. The topological polar surface area (TPSA) is 32.7 Å². The molecular weight excluding hydrogens is 258 g/mol. The van der Waals surface area contributed by atoms with Crippen molar-refractivity contribution < 1.29 is 9.84 Å². The van der Waals surface area contributed by atoms with E-state index in [1.165, 1.54) is 9.75 Å². The number of terminal acetylenes is 1. The Labute approximate surface area is 120 Å². The second-order valence-corrected chi connectivity index (χ2v) is 5.99. The van der Waals surface area contributed by atoms with Crippen molar-refractivity contribution in [3.8, 4) is 12.3 Å². The third kappa shape index (κ3) is 6.74. The van der Waals surface area contributed by atoms with Crippen LogP contribution < -0.4 is 0 Å². The Balaban J connectivity index is 2.41. The lowest BCUT2D eigenvalue weighted by molar-refractivity contribution is 0.0263. The van der Waals surface area contributed by atoms with Crippen LogP contribution in [0.25, 0.3) is 0 Å². The molecule has 1 rings (SSSR count). The third-order valence-corrected chi connectivity index (χ3v) is 3.67. The summed E-state index contributed by atoms with van der Waals surface area (Å²) in [6.07, 6.45) is 5.69. The molecule has 1 N–H and O–H groups in total. The summed E-state index contributed by atoms with van der Waals surface area (Å²) in [5.41, 5.74) is 0. The molecule has 0 aliphatic rings. The van der Waals surface area contributed by atoms with Crippen LogP contribution >= 0.6 is 11.3 Å². The lowest BCUT2D eigenvalue weighted by Gasteiger charge is -2.23. The zero-order chi connectivity index (χ0) is 14.1. The molecule has 1 unspecified atom stereocenters. The van der Waals surface area contributed by atoms with Crippen LogP contribution in [0, 0.1) is 19.3 Å². The van der Waals surface area contributed by atoms with E-state index in [0.717, 1.165) is 19.5 Å². The Morgan fingerprint density at radius 3 is 2.89 bits per heavy atom. The second-order valence-electron chi connectivity index (χ2n) is 4.62. The molecular formula is C15H23NO2S. The fraction of sp³-hybridized carbons (Fsp3) is 0.600. The highest BCUT2D eigenvalue weighted by Crippen LogP contribution is 2.17. The van der Waals surface area contributed by atoms with Gasteiger partial charge >= 0.3 is 0 Å². The molecule has 0 bridgehead atoms. The maximum absolute atomic E-state index is 9.92. The van der Waals surface area contributed by atoms with Crippen LogP contribution in [-0.4, -0.2) is 42.4 Å². The number of aryl methyl sites for hydroxylation is 1. The van der Waals surface area contributed by atoms with Crippen molar-refractivity contribution in [2.45, 2.75) is 32.9 Å². The van der Waals surface area contributed by atoms with Crippen LogP contribution in [-0.2, 0) is 11.3 Å². The minimum atomic E-state index is -0.485. The Morgan fingerprint density at radius 1 is 1.53 bits per heavy atom. The van der Waals surface area contributed by atoms with Crippen LogP contribution in [0.4, 0.5) is 0 Å². The van der Waals surface area contributed by atoms with Gasteiger partial charge in [0.25, 0.3) is 0 Å². The predicted molar refractivity (Wildman–Crippen MR) is 80.3 cm³/mol. The molecule has 4 heteroatoms. The number of aliphatic hydroxyl groups excluding tert-OH is 1. The number of hydrogen-bond acceptors (Lipinski definition) is 4. The van der Waals surface area contributed by atoms with Crippen molar-refractivity contribution in [2.75, 3.05) is 26.3 Å². The van der Waals surface area contributed by atoms with E-state index in [-0.39, 0.29) is 6.61 Å². The first-order valence-corrected chi connectivity index (χ1v) is 7.44. The van der Waals surface area contributed by atoms with E-state index in [0.29, 0.717) is 13.2 Å². The zero-order valence-corrected chi connectivity index (χ0v) is 12.6. The number of hydrogen-bond donors (Lipinski definition) is 1. The lowest BCUT2D eigenvalue weighted by atomic mass is 10.3. The van der Waals surface area contributed by atoms with E-state index in [2.05, 4.69) is 36.8 Å². The van der Waals surface area contributed by atoms with E-state index in [9.17, 15) is 5.11 Å². The highest BCUT2D eigenvalue weighted by Gasteiger charge is 2.12. The Bertz CT molecular complexity index is 397. The van der Waals surface area contributed by atoms with Crippen LogP contribution in [0.2, 0.25) is 0 Å². The largest absolute Gasteiger partial charge is 0.389 e. The van der Waals surface area contributed by atoms with Crippen molar-refractivity contribution in [2.24, 2.45) is 0 Å². The molecule has 0 spiro atoms. The summed E-state index contributed by atoms with van der Waals surface area (Å²) in [6, 6.07) is 4.29. The number of rotatable bonds is 9. The van der Waals surface area contributed by atoms with Crippen molar-refractivity contribution in [1.82, 2.24) is 4.90 Å². The molecule has 0 saturated carbocycles. The van der Waals surface area contributed by atoms with E-state index in [1.807, 2.05) is 11.3 Å². The van der Waals surface area contributed by atoms with Crippen molar-refractivity contribution >= 4 is 11.3 Å². The van der Waals surface area contributed by atoms with Gasteiger partial charge in [-0.25, -0.2) is 0 Å². The zero-order valence-electron chi connectivity index (χ0n) is 11.8. The van der Waals surface area contributed by atoms with Crippen LogP contribution in [0.5, 0.6) is 0 Å². The summed E-state index contributed by atoms with van der Waals surface area (Å²) in [5, 5.41) is 9.92. The second kappa shape index (κ2) is 9.11. The van der Waals surface area contributed by atoms with Gasteiger partial charge < -0.3 is 9.84 Å². The summed E-state index contributed by atoms with van der Waals surface area (Å²) >= 11 is 1.81. The van der Waals surface area contributed by atoms with E-state index >= 15 is 0 Å². The molecule has 1 aromatic heterocycles. The van der Waals surface area contributed by atoms with Crippen molar-refractivity contribution in [1.29, 1.82) is 0 Å². The van der Waals surface area contributed by atoms with Gasteiger partial charge in [-0.1, -0.05) is 12.8 Å². The minimum Gasteiger partial charge on any atom is -0.389 e. The number of aliphatic hydroxyl groups is 1. The van der Waals surface area contributed by atoms with Gasteiger partial charge in [0.2, 0.25) is 0 Å². The molecule has 0 aliphatic carbocycles. The Morgan fingerprint density at radius 2 is 2.32 bits per heavy atom. The van der Waals surface area contributed by atoms with Crippen LogP contribution in [0.1, 0.15) is 23.1 Å². The SMILES string of the molecule is C#CCOCC(O)CN(CCC)Cc1ccc(C)s1. The molecule has 0 saturated heterocycles. The van der Waals surface area contributed by atoms with Gasteiger partial charge in [-0.2, -0.15) is 0 Å². The maximum atomic E-state index is 9.92. The molecule has 1 atom stereocenters. The van der Waals surface area contributed by atoms with E-state index in [4.69, 9.17) is 11.2 Å². The first kappa shape index (κ1) is 16.2. The van der Waals surface area contributed by atoms with Gasteiger partial charge in [0.1, 0.15) is 6.61 Å². The quantitative estimate of drug-likeness (QED) is 0.557. The maximum Gasteiger partial charge on any atom is 0.107 e. The minimum absolute atomic E-state index is 0.259. The summed E-state index contributed by atoms with van der Waals surface area (Å²) in [6.45, 7) is 7.30. The number of thiophene rings is 1. The average molecular weight is 281 g/mol. The first-order valence-electron chi connectivity index (χ1n) is 6.62. The molecule has 0 fully saturated rings. The number of nitrogens with zero attached hydrogens (tertiary/aromatic N) is 1. The van der Waals surface area contributed by atoms with E-state index in [1.54, 1.807) is 0 Å². The standard InChI is InChI=1S/C15H23NO2S/c1-4-8-16(10-14(17)12-18-9-5-2)11-15-7-6-13(3)19-15/h2,6-7,14,17H,4,8-12H2,1,3H3. The molecule has 106 valence electrons. The Kier molecular flexibility index (Phi) is 7.76. The van der Waals surface area contributed by atoms with Crippen LogP contribution in [0.3, 0.4) is 0 Å². The summed E-state index contributed by atoms with van der Waals surface area (Å²) in [4.78, 5) is 4.92. The molecule has 0 radical (unpaired) electrons. The monoisotopic (exact) mass is 281 g/mol. The average Bonchev–Trinajstić information content (AvgIpc) is 2.75. The normalized spacial score (nSPS) is 12.6. The predicted octanol–water partition coefficient (Wildman–Crippen LogP) is 2.28. The fourth-order valence-electron chi connectivity index (χ4n) is 1.95. The third-order valence-electron chi connectivity index (χ3n) is 2.68. The molecule has 1 heterocycles. The molecule has 0 aromatic carbocycles. The van der Waals surface area contributed by atoms with Crippen molar-refractivity contribution in [3.63, 3.8) is 0 Å². The summed E-state index contributed by atoms with van der Waals surface area (Å²) in [5.74, 6) is 2.40. The lowest BCUT2D eigenvalue weighted by Crippen LogP contribution is -2.35. The molecule has 0 amide bonds. The van der Waals surface area contributed by atoms with Gasteiger partial charge in [-0.3, -0.25) is 4.90 Å². The molecule has 0 aliphatic heterocycles. The van der Waals surface area contributed by atoms with Crippen molar-refractivity contribution in [3.05, 3.63) is 21.9 Å². The van der Waals surface area contributed by atoms with Gasteiger partial charge in [0.05, 0.1) is 12.7 Å². The molecule has 1 aromatic rings. The summed E-state index contributed by atoms with van der Waals surface area (Å²) < 4.78 is 5.17. The van der Waals surface area contributed by atoms with Gasteiger partial charge in [0, 0.05) is 22.8 Å². The smallest absolute Gasteiger partial charge is 0.107 e. The van der Waals surface area contributed by atoms with Gasteiger partial charge in [-0.15, -0.1) is 17.8 Å². The number of ether oxygens (including phenoxy) is 1. The highest BCUT2D eigenvalue weighted by atomic mass is 32.1. The van der Waals surface area contributed by atoms with Crippen LogP contribution in [0.15, 0.2) is 12.1 Å².